The highest BCUT2D eigenvalue weighted by atomic mass is 32.2. The Labute approximate surface area is 177 Å². The van der Waals surface area contributed by atoms with Crippen LogP contribution >= 0.6 is 0 Å². The molecule has 0 unspecified atom stereocenters. The average molecular weight is 437 g/mol. The van der Waals surface area contributed by atoms with Crippen molar-refractivity contribution in [1.82, 2.24) is 9.97 Å². The standard InChI is InChI=1S/C22H19N3O5S/c1-31(29,30)14-4-2-3-13(10-14)15-7-12(9-21(26)27)8-16(22(15)28)18-11-19-17(24-18)5-6-20(23)25-19/h2-8,10-11,24,28H,9H2,1H3,(H2,23,25)(H,26,27). The lowest BCUT2D eigenvalue weighted by atomic mass is 9.95. The van der Waals surface area contributed by atoms with Gasteiger partial charge in [0.15, 0.2) is 9.84 Å². The van der Waals surface area contributed by atoms with Crippen molar-refractivity contribution in [2.75, 3.05) is 12.0 Å². The van der Waals surface area contributed by atoms with Gasteiger partial charge in [-0.1, -0.05) is 12.1 Å². The van der Waals surface area contributed by atoms with E-state index in [1.807, 2.05) is 0 Å². The molecule has 0 radical (unpaired) electrons. The number of rotatable bonds is 5. The van der Waals surface area contributed by atoms with E-state index >= 15 is 0 Å². The predicted octanol–water partition coefficient (Wildman–Crippen LogP) is 3.22. The van der Waals surface area contributed by atoms with Crippen LogP contribution in [0.15, 0.2) is 59.5 Å². The highest BCUT2D eigenvalue weighted by Gasteiger charge is 2.18. The maximum absolute atomic E-state index is 12.0. The van der Waals surface area contributed by atoms with Gasteiger partial charge in [0.25, 0.3) is 0 Å². The fourth-order valence-corrected chi connectivity index (χ4v) is 4.13. The van der Waals surface area contributed by atoms with E-state index < -0.39 is 15.8 Å². The molecule has 0 bridgehead atoms. The van der Waals surface area contributed by atoms with Crippen LogP contribution in [0.2, 0.25) is 0 Å². The van der Waals surface area contributed by atoms with Gasteiger partial charge in [-0.3, -0.25) is 4.79 Å². The van der Waals surface area contributed by atoms with E-state index in [4.69, 9.17) is 5.73 Å². The molecule has 8 nitrogen and oxygen atoms in total. The van der Waals surface area contributed by atoms with Gasteiger partial charge in [0.05, 0.1) is 28.0 Å². The molecule has 158 valence electrons. The number of aromatic amines is 1. The lowest BCUT2D eigenvalue weighted by molar-refractivity contribution is -0.136. The number of nitrogen functional groups attached to an aromatic ring is 1. The number of nitrogens with one attached hydrogen (secondary N) is 1. The molecular formula is C22H19N3O5S. The lowest BCUT2D eigenvalue weighted by Gasteiger charge is -2.13. The third-order valence-corrected chi connectivity index (χ3v) is 6.00. The second-order valence-electron chi connectivity index (χ2n) is 7.26. The first-order valence-electron chi connectivity index (χ1n) is 9.25. The van der Waals surface area contributed by atoms with Crippen LogP contribution in [0.25, 0.3) is 33.4 Å². The van der Waals surface area contributed by atoms with Crippen molar-refractivity contribution in [3.63, 3.8) is 0 Å². The number of H-pyrrole nitrogens is 1. The smallest absolute Gasteiger partial charge is 0.307 e. The van der Waals surface area contributed by atoms with Gasteiger partial charge in [0, 0.05) is 17.4 Å². The number of phenolic OH excluding ortho intramolecular Hbond substituents is 1. The Hall–Kier alpha value is -3.85. The summed E-state index contributed by atoms with van der Waals surface area (Å²) in [6.45, 7) is 0. The fourth-order valence-electron chi connectivity index (χ4n) is 3.46. The fraction of sp³-hybridized carbons (Fsp3) is 0.0909. The van der Waals surface area contributed by atoms with Gasteiger partial charge in [-0.25, -0.2) is 13.4 Å². The first-order valence-corrected chi connectivity index (χ1v) is 11.1. The number of pyridine rings is 1. The number of carbonyl (C=O) groups is 1. The van der Waals surface area contributed by atoms with Gasteiger partial charge in [-0.05, 0) is 53.6 Å². The number of hydrogen-bond donors (Lipinski definition) is 4. The summed E-state index contributed by atoms with van der Waals surface area (Å²) in [6.07, 6.45) is 0.832. The highest BCUT2D eigenvalue weighted by Crippen LogP contribution is 2.40. The summed E-state index contributed by atoms with van der Waals surface area (Å²) in [5, 5.41) is 20.3. The van der Waals surface area contributed by atoms with Crippen LogP contribution < -0.4 is 5.73 Å². The second kappa shape index (κ2) is 7.44. The summed E-state index contributed by atoms with van der Waals surface area (Å²) in [7, 11) is -3.46. The van der Waals surface area contributed by atoms with Crippen LogP contribution in [0.1, 0.15) is 5.56 Å². The van der Waals surface area contributed by atoms with Crippen molar-refractivity contribution in [2.24, 2.45) is 0 Å². The Morgan fingerprint density at radius 2 is 1.84 bits per heavy atom. The molecule has 2 aromatic heterocycles. The van der Waals surface area contributed by atoms with Crippen LogP contribution in [0.3, 0.4) is 0 Å². The molecule has 0 saturated carbocycles. The van der Waals surface area contributed by atoms with Crippen molar-refractivity contribution >= 4 is 32.7 Å². The van der Waals surface area contributed by atoms with Crippen LogP contribution in [0.4, 0.5) is 5.82 Å². The number of benzene rings is 2. The average Bonchev–Trinajstić information content (AvgIpc) is 3.11. The Morgan fingerprint density at radius 1 is 1.10 bits per heavy atom. The highest BCUT2D eigenvalue weighted by molar-refractivity contribution is 7.90. The lowest BCUT2D eigenvalue weighted by Crippen LogP contribution is -2.01. The largest absolute Gasteiger partial charge is 0.507 e. The van der Waals surface area contributed by atoms with E-state index in [-0.39, 0.29) is 17.1 Å². The number of hydrogen-bond acceptors (Lipinski definition) is 6. The van der Waals surface area contributed by atoms with Crippen LogP contribution in [-0.2, 0) is 21.1 Å². The second-order valence-corrected chi connectivity index (χ2v) is 9.28. The van der Waals surface area contributed by atoms with Crippen LogP contribution in [0.5, 0.6) is 5.75 Å². The Balaban J connectivity index is 1.95. The number of aliphatic carboxylic acids is 1. The number of carboxylic acids is 1. The van der Waals surface area contributed by atoms with Gasteiger partial charge < -0.3 is 20.9 Å². The molecular weight excluding hydrogens is 418 g/mol. The number of sulfone groups is 1. The number of nitrogens with two attached hydrogens (primary N) is 1. The maximum Gasteiger partial charge on any atom is 0.307 e. The minimum Gasteiger partial charge on any atom is -0.507 e. The van der Waals surface area contributed by atoms with E-state index in [1.54, 1.807) is 42.5 Å². The van der Waals surface area contributed by atoms with Crippen molar-refractivity contribution < 1.29 is 23.4 Å². The number of aromatic nitrogens is 2. The number of phenols is 1. The maximum atomic E-state index is 12.0. The zero-order valence-electron chi connectivity index (χ0n) is 16.5. The summed E-state index contributed by atoms with van der Waals surface area (Å²) in [6, 6.07) is 14.4. The molecule has 4 rings (SSSR count). The third kappa shape index (κ3) is 4.08. The monoisotopic (exact) mass is 437 g/mol. The minimum atomic E-state index is -3.46. The van der Waals surface area contributed by atoms with Crippen LogP contribution in [-0.4, -0.2) is 40.8 Å². The minimum absolute atomic E-state index is 0.0971. The number of fused-ring (bicyclic) bond motifs is 1. The molecule has 0 amide bonds. The topological polar surface area (TPSA) is 146 Å². The van der Waals surface area contributed by atoms with E-state index in [0.29, 0.717) is 44.8 Å². The predicted molar refractivity (Wildman–Crippen MR) is 117 cm³/mol. The van der Waals surface area contributed by atoms with E-state index in [1.165, 1.54) is 12.1 Å². The van der Waals surface area contributed by atoms with Gasteiger partial charge in [-0.2, -0.15) is 0 Å². The summed E-state index contributed by atoms with van der Waals surface area (Å²) in [5.41, 5.74) is 9.16. The molecule has 0 fully saturated rings. The molecule has 0 atom stereocenters. The third-order valence-electron chi connectivity index (χ3n) is 4.89. The quantitative estimate of drug-likeness (QED) is 0.375. The Bertz CT molecular complexity index is 1440. The molecule has 2 heterocycles. The molecule has 5 N–H and O–H groups in total. The van der Waals surface area contributed by atoms with Gasteiger partial charge in [0.2, 0.25) is 0 Å². The van der Waals surface area contributed by atoms with Crippen molar-refractivity contribution in [2.45, 2.75) is 11.3 Å². The molecule has 0 aliphatic rings. The SMILES string of the molecule is CS(=O)(=O)c1cccc(-c2cc(CC(=O)O)cc(-c3cc4nc(N)ccc4[nH]3)c2O)c1. The molecule has 2 aromatic carbocycles. The van der Waals surface area contributed by atoms with E-state index in [9.17, 15) is 23.4 Å². The first-order chi connectivity index (χ1) is 14.6. The zero-order valence-corrected chi connectivity index (χ0v) is 17.3. The van der Waals surface area contributed by atoms with Gasteiger partial charge in [0.1, 0.15) is 11.6 Å². The van der Waals surface area contributed by atoms with Gasteiger partial charge >= 0.3 is 5.97 Å². The Kier molecular flexibility index (Phi) is 4.90. The summed E-state index contributed by atoms with van der Waals surface area (Å²) >= 11 is 0. The Morgan fingerprint density at radius 3 is 2.55 bits per heavy atom. The molecule has 0 aliphatic carbocycles. The molecule has 9 heteroatoms. The first kappa shape index (κ1) is 20.4. The number of aromatic hydroxyl groups is 1. The van der Waals surface area contributed by atoms with Crippen LogP contribution in [0, 0.1) is 0 Å². The van der Waals surface area contributed by atoms with E-state index in [0.717, 1.165) is 6.26 Å². The summed E-state index contributed by atoms with van der Waals surface area (Å²) in [4.78, 5) is 18.8. The molecule has 0 saturated heterocycles. The zero-order chi connectivity index (χ0) is 22.3. The van der Waals surface area contributed by atoms with Gasteiger partial charge in [-0.15, -0.1) is 0 Å². The molecule has 31 heavy (non-hydrogen) atoms. The van der Waals surface area contributed by atoms with Crippen molar-refractivity contribution in [3.8, 4) is 28.1 Å². The number of carboxylic acid groups (broad SMARTS) is 1. The van der Waals surface area contributed by atoms with E-state index in [2.05, 4.69) is 9.97 Å². The molecule has 4 aromatic rings. The number of nitrogens with zero attached hydrogens (tertiary/aromatic N) is 1. The number of anilines is 1. The molecule has 0 aliphatic heterocycles. The molecule has 0 spiro atoms. The van der Waals surface area contributed by atoms with Crippen molar-refractivity contribution in [3.05, 3.63) is 60.2 Å². The normalized spacial score (nSPS) is 11.6. The summed E-state index contributed by atoms with van der Waals surface area (Å²) < 4.78 is 23.9. The summed E-state index contributed by atoms with van der Waals surface area (Å²) in [5.74, 6) is -0.793. The van der Waals surface area contributed by atoms with Crippen molar-refractivity contribution in [1.29, 1.82) is 0 Å².